The minimum atomic E-state index is -3.81. The molecule has 0 unspecified atom stereocenters. The number of nitrogens with one attached hydrogen (secondary N) is 1. The van der Waals surface area contributed by atoms with Gasteiger partial charge in [-0.3, -0.25) is 4.79 Å². The van der Waals surface area contributed by atoms with E-state index in [-0.39, 0.29) is 10.8 Å². The molecule has 1 aliphatic rings. The topological polar surface area (TPSA) is 89.3 Å². The molecule has 0 bridgehead atoms. The molecule has 0 saturated carbocycles. The number of fused-ring (bicyclic) bond motifs is 1. The monoisotopic (exact) mass is 364 g/mol. The molecule has 7 heteroatoms. The number of amides is 1. The Labute approximate surface area is 145 Å². The third-order valence-electron chi connectivity index (χ3n) is 4.31. The lowest BCUT2D eigenvalue weighted by molar-refractivity contribution is 0.103. The van der Waals surface area contributed by atoms with E-state index in [1.807, 2.05) is 6.07 Å². The van der Waals surface area contributed by atoms with Crippen molar-refractivity contribution in [3.05, 3.63) is 45.1 Å². The summed E-state index contributed by atoms with van der Waals surface area (Å²) in [6, 6.07) is 6.67. The molecule has 1 aliphatic carbocycles. The van der Waals surface area contributed by atoms with Crippen molar-refractivity contribution in [1.29, 1.82) is 0 Å². The van der Waals surface area contributed by atoms with E-state index >= 15 is 0 Å². The fourth-order valence-electron chi connectivity index (χ4n) is 2.99. The summed E-state index contributed by atoms with van der Waals surface area (Å²) in [5.74, 6) is 0.434. The summed E-state index contributed by atoms with van der Waals surface area (Å²) in [5.41, 5.74) is 2.24. The van der Waals surface area contributed by atoms with Crippen molar-refractivity contribution in [1.82, 2.24) is 0 Å². The number of hydrogen-bond donors (Lipinski definition) is 2. The summed E-state index contributed by atoms with van der Waals surface area (Å²) in [6.45, 7) is 3.89. The SMILES string of the molecule is Cc1ccc(NC(=O)c2cc3c(s2)CC[C@H](C)C3)cc1S(N)(=O)=O. The third-order valence-corrected chi connectivity index (χ3v) is 6.59. The van der Waals surface area contributed by atoms with Crippen molar-refractivity contribution in [2.24, 2.45) is 11.1 Å². The van der Waals surface area contributed by atoms with Crippen molar-refractivity contribution in [3.8, 4) is 0 Å². The number of carbonyl (C=O) groups excluding carboxylic acids is 1. The van der Waals surface area contributed by atoms with Gasteiger partial charge in [0.15, 0.2) is 0 Å². The zero-order valence-corrected chi connectivity index (χ0v) is 15.3. The number of nitrogens with two attached hydrogens (primary N) is 1. The number of primary sulfonamides is 1. The van der Waals surface area contributed by atoms with Gasteiger partial charge >= 0.3 is 0 Å². The summed E-state index contributed by atoms with van der Waals surface area (Å²) < 4.78 is 23.2. The molecule has 3 N–H and O–H groups in total. The Hall–Kier alpha value is -1.70. The average Bonchev–Trinajstić information content (AvgIpc) is 2.91. The zero-order chi connectivity index (χ0) is 17.5. The fraction of sp³-hybridized carbons (Fsp3) is 0.353. The van der Waals surface area contributed by atoms with Gasteiger partial charge in [-0.1, -0.05) is 13.0 Å². The van der Waals surface area contributed by atoms with Crippen LogP contribution in [0.3, 0.4) is 0 Å². The molecule has 128 valence electrons. The molecular formula is C17H20N2O3S2. The molecule has 0 radical (unpaired) electrons. The number of hydrogen-bond acceptors (Lipinski definition) is 4. The van der Waals surface area contributed by atoms with E-state index in [0.717, 1.165) is 19.3 Å². The maximum atomic E-state index is 12.5. The number of rotatable bonds is 3. The molecule has 1 aromatic carbocycles. The normalized spacial score (nSPS) is 17.4. The molecule has 24 heavy (non-hydrogen) atoms. The maximum absolute atomic E-state index is 12.5. The minimum absolute atomic E-state index is 0.0274. The van der Waals surface area contributed by atoms with Gasteiger partial charge in [0.2, 0.25) is 10.0 Å². The Morgan fingerprint density at radius 2 is 2.08 bits per heavy atom. The molecule has 1 heterocycles. The first-order valence-electron chi connectivity index (χ1n) is 7.80. The van der Waals surface area contributed by atoms with Crippen LogP contribution < -0.4 is 10.5 Å². The molecule has 1 amide bonds. The molecule has 1 aromatic heterocycles. The standard InChI is InChI=1S/C17H20N2O3S2/c1-10-3-6-14-12(7-10)8-15(23-14)17(20)19-13-5-4-11(2)16(9-13)24(18,21)22/h4-5,8-10H,3,6-7H2,1-2H3,(H,19,20)(H2,18,21,22)/t10-/m0/s1. The Morgan fingerprint density at radius 1 is 1.33 bits per heavy atom. The quantitative estimate of drug-likeness (QED) is 0.877. The van der Waals surface area contributed by atoms with Crippen molar-refractivity contribution in [3.63, 3.8) is 0 Å². The number of carbonyl (C=O) groups is 1. The van der Waals surface area contributed by atoms with Gasteiger partial charge in [0.25, 0.3) is 5.91 Å². The zero-order valence-electron chi connectivity index (χ0n) is 13.6. The van der Waals surface area contributed by atoms with E-state index in [2.05, 4.69) is 12.2 Å². The van der Waals surface area contributed by atoms with E-state index in [1.165, 1.54) is 27.8 Å². The first kappa shape index (κ1) is 17.1. The van der Waals surface area contributed by atoms with Crippen molar-refractivity contribution in [2.45, 2.75) is 38.0 Å². The number of thiophene rings is 1. The van der Waals surface area contributed by atoms with Crippen LogP contribution in [0.25, 0.3) is 0 Å². The van der Waals surface area contributed by atoms with Crippen LogP contribution in [0.4, 0.5) is 5.69 Å². The second-order valence-electron chi connectivity index (χ2n) is 6.39. The smallest absolute Gasteiger partial charge is 0.265 e. The summed E-state index contributed by atoms with van der Waals surface area (Å²) in [7, 11) is -3.81. The highest BCUT2D eigenvalue weighted by Crippen LogP contribution is 2.32. The Kier molecular flexibility index (Phi) is 4.50. The Morgan fingerprint density at radius 3 is 2.79 bits per heavy atom. The lowest BCUT2D eigenvalue weighted by atomic mass is 9.90. The van der Waals surface area contributed by atoms with Crippen LogP contribution in [0.1, 0.15) is 39.0 Å². The van der Waals surface area contributed by atoms with E-state index in [0.29, 0.717) is 22.0 Å². The summed E-state index contributed by atoms with van der Waals surface area (Å²) in [4.78, 5) is 14.4. The van der Waals surface area contributed by atoms with E-state index in [1.54, 1.807) is 19.1 Å². The molecular weight excluding hydrogens is 344 g/mol. The van der Waals surface area contributed by atoms with Gasteiger partial charge in [-0.25, -0.2) is 13.6 Å². The van der Waals surface area contributed by atoms with E-state index in [9.17, 15) is 13.2 Å². The average molecular weight is 364 g/mol. The van der Waals surface area contributed by atoms with Gasteiger partial charge in [-0.05, 0) is 61.4 Å². The predicted molar refractivity (Wildman–Crippen MR) is 96.0 cm³/mol. The molecule has 3 rings (SSSR count). The molecule has 1 atom stereocenters. The highest BCUT2D eigenvalue weighted by Gasteiger charge is 2.21. The van der Waals surface area contributed by atoms with Crippen LogP contribution in [0.5, 0.6) is 0 Å². The van der Waals surface area contributed by atoms with Crippen LogP contribution in [0, 0.1) is 12.8 Å². The van der Waals surface area contributed by atoms with Crippen LogP contribution in [-0.2, 0) is 22.9 Å². The van der Waals surface area contributed by atoms with Crippen LogP contribution in [-0.4, -0.2) is 14.3 Å². The van der Waals surface area contributed by atoms with Gasteiger partial charge in [-0.15, -0.1) is 11.3 Å². The summed E-state index contributed by atoms with van der Waals surface area (Å²) >= 11 is 1.52. The second-order valence-corrected chi connectivity index (χ2v) is 9.05. The molecule has 5 nitrogen and oxygen atoms in total. The van der Waals surface area contributed by atoms with Gasteiger partial charge in [0.1, 0.15) is 0 Å². The Balaban J connectivity index is 1.83. The van der Waals surface area contributed by atoms with Gasteiger partial charge < -0.3 is 5.32 Å². The molecule has 0 aliphatic heterocycles. The Bertz CT molecular complexity index is 901. The molecule has 2 aromatic rings. The number of aryl methyl sites for hydroxylation is 2. The maximum Gasteiger partial charge on any atom is 0.265 e. The van der Waals surface area contributed by atoms with Crippen LogP contribution >= 0.6 is 11.3 Å². The highest BCUT2D eigenvalue weighted by molar-refractivity contribution is 7.89. The van der Waals surface area contributed by atoms with Gasteiger partial charge in [-0.2, -0.15) is 0 Å². The van der Waals surface area contributed by atoms with Crippen LogP contribution in [0.15, 0.2) is 29.2 Å². The van der Waals surface area contributed by atoms with Crippen molar-refractivity contribution >= 4 is 33.0 Å². The summed E-state index contributed by atoms with van der Waals surface area (Å²) in [5, 5.41) is 7.98. The number of sulfonamides is 1. The lowest BCUT2D eigenvalue weighted by Gasteiger charge is -2.16. The van der Waals surface area contributed by atoms with E-state index < -0.39 is 10.0 Å². The number of anilines is 1. The van der Waals surface area contributed by atoms with Gasteiger partial charge in [0, 0.05) is 10.6 Å². The first-order valence-corrected chi connectivity index (χ1v) is 10.2. The van der Waals surface area contributed by atoms with Crippen LogP contribution in [0.2, 0.25) is 0 Å². The van der Waals surface area contributed by atoms with Gasteiger partial charge in [0.05, 0.1) is 9.77 Å². The van der Waals surface area contributed by atoms with Crippen molar-refractivity contribution in [2.75, 3.05) is 5.32 Å². The second kappa shape index (κ2) is 6.31. The highest BCUT2D eigenvalue weighted by atomic mass is 32.2. The molecule has 0 spiro atoms. The van der Waals surface area contributed by atoms with E-state index in [4.69, 9.17) is 5.14 Å². The fourth-order valence-corrected chi connectivity index (χ4v) is 4.91. The predicted octanol–water partition coefficient (Wildman–Crippen LogP) is 3.08. The summed E-state index contributed by atoms with van der Waals surface area (Å²) in [6.07, 6.45) is 3.19. The largest absolute Gasteiger partial charge is 0.321 e. The first-order chi connectivity index (χ1) is 11.2. The third kappa shape index (κ3) is 3.53. The lowest BCUT2D eigenvalue weighted by Crippen LogP contribution is -2.15. The molecule has 0 saturated heterocycles. The number of benzene rings is 1. The molecule has 0 fully saturated rings. The minimum Gasteiger partial charge on any atom is -0.321 e. The van der Waals surface area contributed by atoms with Crippen molar-refractivity contribution < 1.29 is 13.2 Å².